The van der Waals surface area contributed by atoms with E-state index in [1.165, 1.54) is 15.4 Å². The molecule has 1 saturated carbocycles. The van der Waals surface area contributed by atoms with Gasteiger partial charge in [-0.3, -0.25) is 19.4 Å². The van der Waals surface area contributed by atoms with E-state index >= 15 is 0 Å². The van der Waals surface area contributed by atoms with Gasteiger partial charge in [0.05, 0.1) is 5.69 Å². The molecule has 7 heteroatoms. The minimum absolute atomic E-state index is 0.0145. The average molecular weight is 503 g/mol. The molecule has 0 radical (unpaired) electrons. The highest BCUT2D eigenvalue weighted by Crippen LogP contribution is 2.47. The Morgan fingerprint density at radius 3 is 2.22 bits per heavy atom. The van der Waals surface area contributed by atoms with Crippen molar-refractivity contribution >= 4 is 35.1 Å². The second-order valence-electron chi connectivity index (χ2n) is 10.7. The lowest BCUT2D eigenvalue weighted by Crippen LogP contribution is -2.50. The van der Waals surface area contributed by atoms with E-state index in [-0.39, 0.29) is 17.2 Å². The minimum atomic E-state index is -0.0145. The largest absolute Gasteiger partial charge is 0.354 e. The van der Waals surface area contributed by atoms with E-state index in [9.17, 15) is 9.59 Å². The normalized spacial score (nSPS) is 21.8. The van der Waals surface area contributed by atoms with Crippen molar-refractivity contribution in [3.05, 3.63) is 54.1 Å². The average Bonchev–Trinajstić information content (AvgIpc) is 3.25. The first-order valence-corrected chi connectivity index (χ1v) is 14.2. The summed E-state index contributed by atoms with van der Waals surface area (Å²) in [5.74, 6) is 1.18. The van der Waals surface area contributed by atoms with E-state index in [1.807, 2.05) is 0 Å². The van der Waals surface area contributed by atoms with Crippen LogP contribution in [0.4, 0.5) is 5.69 Å². The lowest BCUT2D eigenvalue weighted by molar-refractivity contribution is -0.153. The third-order valence-electron chi connectivity index (χ3n) is 8.29. The standard InChI is InChI=1S/C29H34N4O2S/c34-26-20-29(12-5-6-13-29)21-27(35)33(26)15-7-14-31-16-18-32(19-17-31)28-22-8-1-3-10-24(22)36-25-11-4-2-9-23(25)30-28/h1-4,8-11H,5-7,12-21H2. The summed E-state index contributed by atoms with van der Waals surface area (Å²) in [6, 6.07) is 16.9. The molecular formula is C29H34N4O2S. The summed E-state index contributed by atoms with van der Waals surface area (Å²) in [7, 11) is 0. The molecule has 6 nitrogen and oxygen atoms in total. The van der Waals surface area contributed by atoms with Crippen molar-refractivity contribution in [2.45, 2.75) is 54.7 Å². The number of amidine groups is 1. The van der Waals surface area contributed by atoms with Crippen LogP contribution in [0.1, 0.15) is 50.5 Å². The van der Waals surface area contributed by atoms with Gasteiger partial charge >= 0.3 is 0 Å². The number of piperazine rings is 1. The Hall–Kier alpha value is -2.64. The molecule has 3 fully saturated rings. The maximum Gasteiger partial charge on any atom is 0.229 e. The maximum absolute atomic E-state index is 12.8. The van der Waals surface area contributed by atoms with Crippen LogP contribution < -0.4 is 0 Å². The number of amides is 2. The molecule has 2 aromatic carbocycles. The molecular weight excluding hydrogens is 468 g/mol. The van der Waals surface area contributed by atoms with Crippen molar-refractivity contribution in [3.63, 3.8) is 0 Å². The fraction of sp³-hybridized carbons (Fsp3) is 0.483. The molecule has 1 aliphatic carbocycles. The Balaban J connectivity index is 1.05. The minimum Gasteiger partial charge on any atom is -0.354 e. The van der Waals surface area contributed by atoms with Gasteiger partial charge in [-0.1, -0.05) is 54.9 Å². The Morgan fingerprint density at radius 2 is 1.47 bits per heavy atom. The first kappa shape index (κ1) is 23.7. The highest BCUT2D eigenvalue weighted by Gasteiger charge is 2.44. The number of hydrogen-bond donors (Lipinski definition) is 0. The fourth-order valence-electron chi connectivity index (χ4n) is 6.31. The van der Waals surface area contributed by atoms with Crippen LogP contribution in [0.2, 0.25) is 0 Å². The van der Waals surface area contributed by atoms with Crippen LogP contribution in [0.25, 0.3) is 0 Å². The molecule has 0 atom stereocenters. The van der Waals surface area contributed by atoms with Gasteiger partial charge in [-0.2, -0.15) is 0 Å². The van der Waals surface area contributed by atoms with Gasteiger partial charge in [-0.25, -0.2) is 4.99 Å². The van der Waals surface area contributed by atoms with Crippen molar-refractivity contribution in [3.8, 4) is 0 Å². The molecule has 2 amide bonds. The van der Waals surface area contributed by atoms with Crippen LogP contribution in [0, 0.1) is 5.41 Å². The highest BCUT2D eigenvalue weighted by atomic mass is 32.2. The summed E-state index contributed by atoms with van der Waals surface area (Å²) < 4.78 is 0. The van der Waals surface area contributed by atoms with Crippen LogP contribution >= 0.6 is 11.8 Å². The quantitative estimate of drug-likeness (QED) is 0.554. The van der Waals surface area contributed by atoms with E-state index < -0.39 is 0 Å². The Bertz CT molecular complexity index is 1160. The second kappa shape index (κ2) is 10.0. The van der Waals surface area contributed by atoms with Gasteiger partial charge in [0.25, 0.3) is 0 Å². The predicted molar refractivity (Wildman–Crippen MR) is 143 cm³/mol. The Morgan fingerprint density at radius 1 is 0.806 bits per heavy atom. The predicted octanol–water partition coefficient (Wildman–Crippen LogP) is 4.95. The number of carbonyl (C=O) groups excluding carboxylic acids is 2. The van der Waals surface area contributed by atoms with Crippen LogP contribution in [0.3, 0.4) is 0 Å². The molecule has 36 heavy (non-hydrogen) atoms. The zero-order valence-electron chi connectivity index (χ0n) is 20.8. The molecule has 2 saturated heterocycles. The number of para-hydroxylation sites is 1. The van der Waals surface area contributed by atoms with Crippen LogP contribution in [0.15, 0.2) is 63.3 Å². The molecule has 188 valence electrons. The molecule has 1 spiro atoms. The van der Waals surface area contributed by atoms with E-state index in [4.69, 9.17) is 4.99 Å². The number of likely N-dealkylation sites (tertiary alicyclic amines) is 1. The summed E-state index contributed by atoms with van der Waals surface area (Å²) in [4.78, 5) is 39.5. The molecule has 0 unspecified atom stereocenters. The fourth-order valence-corrected chi connectivity index (χ4v) is 7.33. The van der Waals surface area contributed by atoms with Crippen molar-refractivity contribution in [1.29, 1.82) is 0 Å². The third kappa shape index (κ3) is 4.71. The monoisotopic (exact) mass is 502 g/mol. The smallest absolute Gasteiger partial charge is 0.229 e. The number of rotatable bonds is 4. The molecule has 2 aromatic rings. The second-order valence-corrected chi connectivity index (χ2v) is 11.8. The zero-order valence-corrected chi connectivity index (χ0v) is 21.6. The van der Waals surface area contributed by atoms with Gasteiger partial charge in [-0.05, 0) is 49.4 Å². The molecule has 0 aromatic heterocycles. The van der Waals surface area contributed by atoms with Crippen molar-refractivity contribution in [2.24, 2.45) is 10.4 Å². The Labute approximate surface area is 217 Å². The number of fused-ring (bicyclic) bond motifs is 2. The highest BCUT2D eigenvalue weighted by molar-refractivity contribution is 7.99. The summed E-state index contributed by atoms with van der Waals surface area (Å²) in [6.07, 6.45) is 6.40. The van der Waals surface area contributed by atoms with E-state index in [1.54, 1.807) is 16.7 Å². The molecule has 3 aliphatic heterocycles. The van der Waals surface area contributed by atoms with Crippen LogP contribution in [0.5, 0.6) is 0 Å². The zero-order chi connectivity index (χ0) is 24.5. The summed E-state index contributed by atoms with van der Waals surface area (Å²) >= 11 is 1.79. The summed E-state index contributed by atoms with van der Waals surface area (Å²) in [5, 5.41) is 0. The van der Waals surface area contributed by atoms with E-state index in [0.29, 0.717) is 19.4 Å². The lowest BCUT2D eigenvalue weighted by Gasteiger charge is -2.38. The van der Waals surface area contributed by atoms with Crippen molar-refractivity contribution in [1.82, 2.24) is 14.7 Å². The molecule has 3 heterocycles. The molecule has 6 rings (SSSR count). The number of aliphatic imine (C=N–C) groups is 1. The van der Waals surface area contributed by atoms with E-state index in [0.717, 1.165) is 76.4 Å². The third-order valence-corrected chi connectivity index (χ3v) is 9.43. The van der Waals surface area contributed by atoms with Gasteiger partial charge in [0.1, 0.15) is 5.84 Å². The number of hydrogen-bond acceptors (Lipinski definition) is 6. The van der Waals surface area contributed by atoms with Crippen LogP contribution in [-0.2, 0) is 9.59 Å². The number of benzene rings is 2. The first-order chi connectivity index (χ1) is 17.6. The van der Waals surface area contributed by atoms with Gasteiger partial charge in [0, 0.05) is 60.9 Å². The van der Waals surface area contributed by atoms with Crippen molar-refractivity contribution < 1.29 is 9.59 Å². The number of piperidine rings is 1. The van der Waals surface area contributed by atoms with Gasteiger partial charge in [0.15, 0.2) is 0 Å². The molecule has 0 bridgehead atoms. The van der Waals surface area contributed by atoms with Crippen LogP contribution in [-0.4, -0.2) is 71.6 Å². The number of nitrogens with zero attached hydrogens (tertiary/aromatic N) is 4. The van der Waals surface area contributed by atoms with Gasteiger partial charge in [-0.15, -0.1) is 0 Å². The number of carbonyl (C=O) groups is 2. The molecule has 4 aliphatic rings. The van der Waals surface area contributed by atoms with Crippen molar-refractivity contribution in [2.75, 3.05) is 39.3 Å². The van der Waals surface area contributed by atoms with E-state index in [2.05, 4.69) is 58.3 Å². The first-order valence-electron chi connectivity index (χ1n) is 13.4. The maximum atomic E-state index is 12.8. The van der Waals surface area contributed by atoms with Gasteiger partial charge < -0.3 is 4.90 Å². The molecule has 0 N–H and O–H groups in total. The topological polar surface area (TPSA) is 56.2 Å². The summed E-state index contributed by atoms with van der Waals surface area (Å²) in [5.41, 5.74) is 2.22. The summed E-state index contributed by atoms with van der Waals surface area (Å²) in [6.45, 7) is 5.23. The lowest BCUT2D eigenvalue weighted by atomic mass is 9.76. The van der Waals surface area contributed by atoms with Gasteiger partial charge in [0.2, 0.25) is 11.8 Å². The SMILES string of the molecule is O=C1CC2(CCCC2)CC(=O)N1CCCN1CCN(C2=Nc3ccccc3Sc3ccccc32)CC1. The Kier molecular flexibility index (Phi) is 6.61. The number of imide groups is 1.